The second-order valence-electron chi connectivity index (χ2n) is 29.5. The van der Waals surface area contributed by atoms with E-state index in [2.05, 4.69) is 431 Å². The number of furan rings is 2. The van der Waals surface area contributed by atoms with Crippen molar-refractivity contribution in [1.29, 1.82) is 0 Å². The molecule has 0 atom stereocenters. The lowest BCUT2D eigenvalue weighted by Crippen LogP contribution is -2.11. The van der Waals surface area contributed by atoms with Crippen LogP contribution in [0.2, 0.25) is 0 Å². The highest BCUT2D eigenvalue weighted by Crippen LogP contribution is 2.47. The number of benzene rings is 18. The fourth-order valence-electron chi connectivity index (χ4n) is 17.5. The van der Waals surface area contributed by atoms with Crippen LogP contribution >= 0.6 is 0 Å². The lowest BCUT2D eigenvalue weighted by molar-refractivity contribution is 0.668. The molecule has 18 aromatic carbocycles. The van der Waals surface area contributed by atoms with Gasteiger partial charge in [0.05, 0.1) is 22.1 Å². The Morgan fingerprint density at radius 1 is 0.167 bits per heavy atom. The molecule has 114 heavy (non-hydrogen) atoms. The summed E-state index contributed by atoms with van der Waals surface area (Å²) in [5, 5.41) is 9.28. The Hall–Kier alpha value is -15.2. The van der Waals surface area contributed by atoms with Crippen molar-refractivity contribution < 1.29 is 8.83 Å². The molecule has 0 unspecified atom stereocenters. The van der Waals surface area contributed by atoms with Crippen LogP contribution in [0.5, 0.6) is 0 Å². The highest BCUT2D eigenvalue weighted by Gasteiger charge is 2.23. The van der Waals surface area contributed by atoms with E-state index in [4.69, 9.17) is 8.83 Å². The van der Waals surface area contributed by atoms with E-state index in [1.165, 1.54) is 43.7 Å². The summed E-state index contributed by atoms with van der Waals surface area (Å²) in [5.41, 5.74) is 32.6. The van der Waals surface area contributed by atoms with Crippen molar-refractivity contribution in [3.8, 4) is 89.3 Å². The third-order valence-electron chi connectivity index (χ3n) is 22.9. The van der Waals surface area contributed by atoms with E-state index >= 15 is 0 Å². The highest BCUT2D eigenvalue weighted by molar-refractivity contribution is 6.15. The molecule has 22 aromatic rings. The van der Waals surface area contributed by atoms with E-state index in [9.17, 15) is 0 Å². The van der Waals surface area contributed by atoms with Crippen molar-refractivity contribution in [3.63, 3.8) is 0 Å². The standard InChI is InChI=1S/C108H70N4O2/c1-2-21-71(22-3-1)72-47-49-75(50-48-72)76-59-62-83(63-60-76)109(85-27-15-24-81(66-85)91-38-19-45-105-107(91)96-36-7-12-43-103(96)113-105)87-29-17-32-90(69-87)112-101-42-11-6-35-95(101)98-68-80(61-64-102(98)112)78-57-53-74(54-58-78)73-51-55-77(56-52-73)79-23-14-26-84(65-79)110(86-28-16-25-82(67-86)92-39-20-46-106-108(92)97-37-8-13-44-104(97)114-106)88-30-18-31-89(70-88)111-99-40-9-4-33-93(99)94-34-5-10-41-100(94)111/h1-70H. The van der Waals surface area contributed by atoms with Crippen molar-refractivity contribution in [1.82, 2.24) is 9.13 Å². The van der Waals surface area contributed by atoms with Gasteiger partial charge in [0.25, 0.3) is 0 Å². The molecule has 0 bridgehead atoms. The molecule has 0 saturated carbocycles. The van der Waals surface area contributed by atoms with Crippen LogP contribution in [-0.4, -0.2) is 9.13 Å². The lowest BCUT2D eigenvalue weighted by atomic mass is 9.97. The van der Waals surface area contributed by atoms with Crippen LogP contribution in [0.25, 0.3) is 177 Å². The first-order valence-electron chi connectivity index (χ1n) is 38.9. The zero-order valence-electron chi connectivity index (χ0n) is 62.0. The molecule has 0 aliphatic heterocycles. The predicted octanol–water partition coefficient (Wildman–Crippen LogP) is 30.3. The molecule has 4 aromatic heterocycles. The van der Waals surface area contributed by atoms with Gasteiger partial charge in [-0.15, -0.1) is 0 Å². The van der Waals surface area contributed by atoms with Gasteiger partial charge in [-0.2, -0.15) is 0 Å². The first-order valence-corrected chi connectivity index (χ1v) is 38.9. The van der Waals surface area contributed by atoms with Gasteiger partial charge in [0.2, 0.25) is 0 Å². The topological polar surface area (TPSA) is 42.6 Å². The van der Waals surface area contributed by atoms with Gasteiger partial charge >= 0.3 is 0 Å². The molecule has 0 aliphatic carbocycles. The first kappa shape index (κ1) is 65.8. The van der Waals surface area contributed by atoms with E-state index in [1.54, 1.807) is 0 Å². The molecule has 0 fully saturated rings. The third kappa shape index (κ3) is 11.4. The molecule has 22 rings (SSSR count). The van der Waals surface area contributed by atoms with Crippen LogP contribution in [0.3, 0.4) is 0 Å². The number of hydrogen-bond acceptors (Lipinski definition) is 4. The third-order valence-corrected chi connectivity index (χ3v) is 22.9. The quantitative estimate of drug-likeness (QED) is 0.103. The van der Waals surface area contributed by atoms with Crippen LogP contribution < -0.4 is 9.80 Å². The Morgan fingerprint density at radius 2 is 0.456 bits per heavy atom. The zero-order valence-corrected chi connectivity index (χ0v) is 62.0. The molecule has 6 heteroatoms. The molecule has 0 amide bonds. The van der Waals surface area contributed by atoms with Crippen molar-refractivity contribution >= 4 is 122 Å². The Bertz CT molecular complexity index is 7420. The molecule has 534 valence electrons. The Kier molecular flexibility index (Phi) is 15.8. The molecule has 0 N–H and O–H groups in total. The van der Waals surface area contributed by atoms with Crippen molar-refractivity contribution in [3.05, 3.63) is 425 Å². The normalized spacial score (nSPS) is 11.7. The summed E-state index contributed by atoms with van der Waals surface area (Å²) in [6.45, 7) is 0. The molecule has 0 radical (unpaired) electrons. The van der Waals surface area contributed by atoms with Gasteiger partial charge in [0.15, 0.2) is 0 Å². The highest BCUT2D eigenvalue weighted by atomic mass is 16.3. The maximum absolute atomic E-state index is 6.42. The maximum Gasteiger partial charge on any atom is 0.136 e. The van der Waals surface area contributed by atoms with Gasteiger partial charge in [-0.3, -0.25) is 0 Å². The van der Waals surface area contributed by atoms with Crippen LogP contribution in [0.15, 0.2) is 433 Å². The number of rotatable bonds is 15. The minimum atomic E-state index is 0.873. The van der Waals surface area contributed by atoms with E-state index in [-0.39, 0.29) is 0 Å². The van der Waals surface area contributed by atoms with E-state index in [1.807, 2.05) is 12.1 Å². The summed E-state index contributed by atoms with van der Waals surface area (Å²) in [6, 6.07) is 154. The smallest absolute Gasteiger partial charge is 0.136 e. The lowest BCUT2D eigenvalue weighted by Gasteiger charge is -2.27. The number of aromatic nitrogens is 2. The van der Waals surface area contributed by atoms with Crippen LogP contribution in [-0.2, 0) is 0 Å². The SMILES string of the molecule is c1ccc(-c2ccc(-c3ccc(N(c4cccc(-c5cccc6oc7ccccc7c56)c4)c4cccc(-n5c6ccccc6c6cc(-c7ccc(-c8ccc(-c9cccc(N(c%10cccc(-c%11cccc%12oc%13ccccc%13c%11%12)c%10)c%10cccc(-n%11c%12ccccc%12c%12ccccc%12%11)c%10)c9)cc8)cc7)ccc65)c4)cc3)cc2)cc1. The predicted molar refractivity (Wildman–Crippen MR) is 477 cm³/mol. The average Bonchev–Trinajstić information content (AvgIpc) is 1.58. The average molecular weight is 1460 g/mol. The van der Waals surface area contributed by atoms with Gasteiger partial charge in [-0.25, -0.2) is 0 Å². The molecule has 6 nitrogen and oxygen atoms in total. The number of fused-ring (bicyclic) bond motifs is 12. The number of nitrogens with zero attached hydrogens (tertiary/aromatic N) is 4. The van der Waals surface area contributed by atoms with Gasteiger partial charge in [-0.1, -0.05) is 285 Å². The van der Waals surface area contributed by atoms with Gasteiger partial charge in [0, 0.05) is 88.6 Å². The largest absolute Gasteiger partial charge is 0.456 e. The minimum absolute atomic E-state index is 0.873. The number of hydrogen-bond donors (Lipinski definition) is 0. The van der Waals surface area contributed by atoms with Crippen LogP contribution in [0.4, 0.5) is 34.1 Å². The molecule has 4 heterocycles. The summed E-state index contributed by atoms with van der Waals surface area (Å²) in [4.78, 5) is 4.79. The molecule has 0 spiro atoms. The monoisotopic (exact) mass is 1450 g/mol. The minimum Gasteiger partial charge on any atom is -0.456 e. The molecule has 0 aliphatic rings. The second-order valence-corrected chi connectivity index (χ2v) is 29.5. The molecular weight excluding hydrogens is 1390 g/mol. The number of para-hydroxylation sites is 5. The van der Waals surface area contributed by atoms with Crippen molar-refractivity contribution in [2.24, 2.45) is 0 Å². The fourth-order valence-corrected chi connectivity index (χ4v) is 17.5. The maximum atomic E-state index is 6.42. The van der Waals surface area contributed by atoms with E-state index in [0.29, 0.717) is 0 Å². The molecular formula is C108H70N4O2. The van der Waals surface area contributed by atoms with Gasteiger partial charge in [-0.05, 0) is 217 Å². The second kappa shape index (κ2) is 27.4. The molecule has 0 saturated heterocycles. The van der Waals surface area contributed by atoms with Crippen LogP contribution in [0.1, 0.15) is 0 Å². The first-order chi connectivity index (χ1) is 56.5. The number of anilines is 6. The van der Waals surface area contributed by atoms with Crippen molar-refractivity contribution in [2.45, 2.75) is 0 Å². The summed E-state index contributed by atoms with van der Waals surface area (Å²) in [7, 11) is 0. The zero-order chi connectivity index (χ0) is 75.2. The Balaban J connectivity index is 0.578. The summed E-state index contributed by atoms with van der Waals surface area (Å²) >= 11 is 0. The van der Waals surface area contributed by atoms with Crippen LogP contribution in [0, 0.1) is 0 Å². The summed E-state index contributed by atoms with van der Waals surface area (Å²) < 4.78 is 17.7. The van der Waals surface area contributed by atoms with E-state index in [0.717, 1.165) is 167 Å². The Morgan fingerprint density at radius 3 is 0.912 bits per heavy atom. The van der Waals surface area contributed by atoms with Crippen molar-refractivity contribution in [2.75, 3.05) is 9.80 Å². The summed E-state index contributed by atoms with van der Waals surface area (Å²) in [6.07, 6.45) is 0. The van der Waals surface area contributed by atoms with Gasteiger partial charge < -0.3 is 27.8 Å². The summed E-state index contributed by atoms with van der Waals surface area (Å²) in [5.74, 6) is 0. The Labute approximate surface area is 659 Å². The van der Waals surface area contributed by atoms with Gasteiger partial charge in [0.1, 0.15) is 22.3 Å². The van der Waals surface area contributed by atoms with E-state index < -0.39 is 0 Å². The fraction of sp³-hybridized carbons (Fsp3) is 0.